The molecule has 0 aliphatic heterocycles. The first-order valence-electron chi connectivity index (χ1n) is 5.54. The molecule has 0 amide bonds. The Kier molecular flexibility index (Phi) is 3.89. The van der Waals surface area contributed by atoms with Crippen LogP contribution in [0.4, 0.5) is 0 Å². The van der Waals surface area contributed by atoms with E-state index in [2.05, 4.69) is 24.3 Å². The second kappa shape index (κ2) is 5.60. The van der Waals surface area contributed by atoms with E-state index in [0.717, 1.165) is 11.1 Å². The minimum atomic E-state index is -0.116. The Morgan fingerprint density at radius 1 is 0.882 bits per heavy atom. The summed E-state index contributed by atoms with van der Waals surface area (Å²) < 4.78 is 5.75. The highest BCUT2D eigenvalue weighted by molar-refractivity contribution is 7.80. The lowest BCUT2D eigenvalue weighted by molar-refractivity contribution is 0.238. The van der Waals surface area contributed by atoms with Gasteiger partial charge in [0.15, 0.2) is 5.05 Å². The summed E-state index contributed by atoms with van der Waals surface area (Å²) in [5.74, 6) is 0. The first-order chi connectivity index (χ1) is 8.27. The molecule has 0 atom stereocenters. The van der Waals surface area contributed by atoms with E-state index in [1.807, 2.05) is 36.4 Å². The quantitative estimate of drug-likeness (QED) is 0.748. The third-order valence-corrected chi connectivity index (χ3v) is 2.58. The molecule has 0 spiro atoms. The zero-order valence-corrected chi connectivity index (χ0v) is 10.5. The Bertz CT molecular complexity index is 439. The third kappa shape index (κ3) is 3.14. The van der Waals surface area contributed by atoms with Gasteiger partial charge in [0.2, 0.25) is 0 Å². The first-order valence-corrected chi connectivity index (χ1v) is 5.95. The SMILES string of the molecule is CC(=S)OC(c1ccccc1)c1ccccc1. The van der Waals surface area contributed by atoms with Crippen LogP contribution in [0.15, 0.2) is 60.7 Å². The van der Waals surface area contributed by atoms with Crippen LogP contribution in [0.25, 0.3) is 0 Å². The second-order valence-corrected chi connectivity index (χ2v) is 4.39. The largest absolute Gasteiger partial charge is 0.475 e. The second-order valence-electron chi connectivity index (χ2n) is 3.81. The van der Waals surface area contributed by atoms with E-state index < -0.39 is 0 Å². The van der Waals surface area contributed by atoms with Gasteiger partial charge in [-0.2, -0.15) is 0 Å². The molecule has 1 nitrogen and oxygen atoms in total. The molecule has 2 heteroatoms. The molecule has 0 heterocycles. The van der Waals surface area contributed by atoms with E-state index in [-0.39, 0.29) is 6.10 Å². The molecule has 2 aromatic rings. The minimum Gasteiger partial charge on any atom is -0.475 e. The molecule has 0 fully saturated rings. The minimum absolute atomic E-state index is 0.116. The van der Waals surface area contributed by atoms with Crippen molar-refractivity contribution in [1.29, 1.82) is 0 Å². The molecule has 0 aliphatic rings. The average Bonchev–Trinajstić information content (AvgIpc) is 2.38. The van der Waals surface area contributed by atoms with Gasteiger partial charge in [0.05, 0.1) is 0 Å². The number of rotatable bonds is 3. The van der Waals surface area contributed by atoms with Crippen molar-refractivity contribution in [2.45, 2.75) is 13.0 Å². The maximum Gasteiger partial charge on any atom is 0.158 e. The first kappa shape index (κ1) is 11.8. The fraction of sp³-hybridized carbons (Fsp3) is 0.133. The predicted molar refractivity (Wildman–Crippen MR) is 74.1 cm³/mol. The maximum atomic E-state index is 5.75. The topological polar surface area (TPSA) is 9.23 Å². The third-order valence-electron chi connectivity index (χ3n) is 2.49. The molecule has 0 N–H and O–H groups in total. The van der Waals surface area contributed by atoms with Crippen LogP contribution in [0.3, 0.4) is 0 Å². The summed E-state index contributed by atoms with van der Waals surface area (Å²) in [6.07, 6.45) is -0.116. The van der Waals surface area contributed by atoms with E-state index >= 15 is 0 Å². The molecule has 2 aromatic carbocycles. The van der Waals surface area contributed by atoms with Crippen molar-refractivity contribution >= 4 is 17.3 Å². The zero-order chi connectivity index (χ0) is 12.1. The lowest BCUT2D eigenvalue weighted by Gasteiger charge is -2.19. The average molecular weight is 242 g/mol. The van der Waals surface area contributed by atoms with Gasteiger partial charge in [-0.3, -0.25) is 0 Å². The van der Waals surface area contributed by atoms with Gasteiger partial charge in [-0.05, 0) is 23.3 Å². The van der Waals surface area contributed by atoms with Gasteiger partial charge in [-0.25, -0.2) is 0 Å². The van der Waals surface area contributed by atoms with Crippen LogP contribution >= 0.6 is 12.2 Å². The van der Waals surface area contributed by atoms with Gasteiger partial charge in [0.25, 0.3) is 0 Å². The maximum absolute atomic E-state index is 5.75. The van der Waals surface area contributed by atoms with E-state index in [4.69, 9.17) is 17.0 Å². The highest BCUT2D eigenvalue weighted by Gasteiger charge is 2.14. The Hall–Kier alpha value is -1.67. The van der Waals surface area contributed by atoms with Crippen LogP contribution in [0.1, 0.15) is 24.2 Å². The molecule has 0 radical (unpaired) electrons. The van der Waals surface area contributed by atoms with Crippen LogP contribution in [0, 0.1) is 0 Å². The van der Waals surface area contributed by atoms with Crippen LogP contribution < -0.4 is 0 Å². The fourth-order valence-electron chi connectivity index (χ4n) is 1.75. The monoisotopic (exact) mass is 242 g/mol. The van der Waals surface area contributed by atoms with Crippen LogP contribution in [-0.4, -0.2) is 5.05 Å². The van der Waals surface area contributed by atoms with Gasteiger partial charge >= 0.3 is 0 Å². The number of thiocarbonyl (C=S) groups is 1. The van der Waals surface area contributed by atoms with Crippen LogP contribution in [-0.2, 0) is 4.74 Å². The summed E-state index contributed by atoms with van der Waals surface area (Å²) in [7, 11) is 0. The molecule has 0 bridgehead atoms. The summed E-state index contributed by atoms with van der Waals surface area (Å²) >= 11 is 5.05. The molecular weight excluding hydrogens is 228 g/mol. The van der Waals surface area contributed by atoms with Crippen molar-refractivity contribution in [2.24, 2.45) is 0 Å². The summed E-state index contributed by atoms with van der Waals surface area (Å²) in [5, 5.41) is 0.558. The molecule has 0 saturated heterocycles. The lowest BCUT2D eigenvalue weighted by Crippen LogP contribution is -2.08. The van der Waals surface area contributed by atoms with Gasteiger partial charge in [-0.1, -0.05) is 60.7 Å². The predicted octanol–water partition coefficient (Wildman–Crippen LogP) is 4.14. The molecule has 17 heavy (non-hydrogen) atoms. The fourth-order valence-corrected chi connectivity index (χ4v) is 1.85. The molecule has 0 aliphatic carbocycles. The summed E-state index contributed by atoms with van der Waals surface area (Å²) in [5.41, 5.74) is 2.23. The number of hydrogen-bond acceptors (Lipinski definition) is 2. The molecular formula is C15H14OS. The lowest BCUT2D eigenvalue weighted by atomic mass is 10.0. The Balaban J connectivity index is 2.36. The van der Waals surface area contributed by atoms with Crippen LogP contribution in [0.5, 0.6) is 0 Å². The van der Waals surface area contributed by atoms with Crippen LogP contribution in [0.2, 0.25) is 0 Å². The van der Waals surface area contributed by atoms with Crippen molar-refractivity contribution in [3.8, 4) is 0 Å². The number of ether oxygens (including phenoxy) is 1. The van der Waals surface area contributed by atoms with E-state index in [9.17, 15) is 0 Å². The van der Waals surface area contributed by atoms with E-state index in [0.29, 0.717) is 5.05 Å². The molecule has 0 saturated carbocycles. The summed E-state index contributed by atoms with van der Waals surface area (Å²) in [4.78, 5) is 0. The van der Waals surface area contributed by atoms with Crippen molar-refractivity contribution < 1.29 is 4.74 Å². The molecule has 0 unspecified atom stereocenters. The van der Waals surface area contributed by atoms with Gasteiger partial charge in [0.1, 0.15) is 6.10 Å². The summed E-state index contributed by atoms with van der Waals surface area (Å²) in [6.45, 7) is 1.80. The van der Waals surface area contributed by atoms with Gasteiger partial charge in [-0.15, -0.1) is 0 Å². The molecule has 86 valence electrons. The highest BCUT2D eigenvalue weighted by Crippen LogP contribution is 2.25. The Morgan fingerprint density at radius 2 is 1.29 bits per heavy atom. The number of hydrogen-bond donors (Lipinski definition) is 0. The Morgan fingerprint density at radius 3 is 1.65 bits per heavy atom. The van der Waals surface area contributed by atoms with Crippen molar-refractivity contribution in [3.63, 3.8) is 0 Å². The molecule has 0 aromatic heterocycles. The van der Waals surface area contributed by atoms with Crippen molar-refractivity contribution in [2.75, 3.05) is 0 Å². The normalized spacial score (nSPS) is 10.2. The van der Waals surface area contributed by atoms with E-state index in [1.54, 1.807) is 6.92 Å². The van der Waals surface area contributed by atoms with Gasteiger partial charge in [0, 0.05) is 6.92 Å². The van der Waals surface area contributed by atoms with E-state index in [1.165, 1.54) is 0 Å². The molecule has 2 rings (SSSR count). The smallest absolute Gasteiger partial charge is 0.158 e. The summed E-state index contributed by atoms with van der Waals surface area (Å²) in [6, 6.07) is 20.2. The standard InChI is InChI=1S/C15H14OS/c1-12(17)16-15(13-8-4-2-5-9-13)14-10-6-3-7-11-14/h2-11,15H,1H3. The number of benzene rings is 2. The Labute approximate surface area is 107 Å². The zero-order valence-electron chi connectivity index (χ0n) is 9.67. The highest BCUT2D eigenvalue weighted by atomic mass is 32.1. The van der Waals surface area contributed by atoms with Crippen molar-refractivity contribution in [1.82, 2.24) is 0 Å². The van der Waals surface area contributed by atoms with Gasteiger partial charge < -0.3 is 4.74 Å². The van der Waals surface area contributed by atoms with Crippen molar-refractivity contribution in [3.05, 3.63) is 71.8 Å².